The van der Waals surface area contributed by atoms with E-state index in [1.54, 1.807) is 12.2 Å². The summed E-state index contributed by atoms with van der Waals surface area (Å²) in [6, 6.07) is 12.8. The molecule has 0 aliphatic rings. The highest BCUT2D eigenvalue weighted by atomic mass is 16.4. The fourth-order valence-corrected chi connectivity index (χ4v) is 3.02. The van der Waals surface area contributed by atoms with Crippen LogP contribution in [0.5, 0.6) is 0 Å². The molecule has 0 radical (unpaired) electrons. The summed E-state index contributed by atoms with van der Waals surface area (Å²) >= 11 is 0. The summed E-state index contributed by atoms with van der Waals surface area (Å²) in [6.07, 6.45) is 4.29. The van der Waals surface area contributed by atoms with Crippen LogP contribution in [0.3, 0.4) is 0 Å². The lowest BCUT2D eigenvalue weighted by Crippen LogP contribution is -2.29. The molecule has 0 amide bonds. The number of nitrogens with zero attached hydrogens (tertiary/aromatic N) is 1. The predicted octanol–water partition coefficient (Wildman–Crippen LogP) is 5.34. The van der Waals surface area contributed by atoms with E-state index in [0.29, 0.717) is 31.2 Å². The predicted molar refractivity (Wildman–Crippen MR) is 108 cm³/mol. The van der Waals surface area contributed by atoms with Gasteiger partial charge < -0.3 is 9.52 Å². The third kappa shape index (κ3) is 5.20. The fraction of sp³-hybridized carbons (Fsp3) is 0.391. The minimum Gasteiger partial charge on any atom is -0.462 e. The van der Waals surface area contributed by atoms with Crippen molar-refractivity contribution in [3.63, 3.8) is 0 Å². The van der Waals surface area contributed by atoms with E-state index in [0.717, 1.165) is 12.3 Å². The van der Waals surface area contributed by atoms with Gasteiger partial charge in [0.1, 0.15) is 17.1 Å². The van der Waals surface area contributed by atoms with Gasteiger partial charge in [0, 0.05) is 25.4 Å². The van der Waals surface area contributed by atoms with E-state index in [2.05, 4.69) is 63.1 Å². The van der Waals surface area contributed by atoms with Crippen LogP contribution in [0.25, 0.3) is 0 Å². The van der Waals surface area contributed by atoms with Gasteiger partial charge in [-0.05, 0) is 38.5 Å². The number of furan rings is 1. The lowest BCUT2D eigenvalue weighted by atomic mass is 9.93. The average molecular weight is 354 g/mol. The Morgan fingerprint density at radius 3 is 2.19 bits per heavy atom. The first-order valence-electron chi connectivity index (χ1n) is 9.21. The zero-order chi connectivity index (χ0) is 19.2. The van der Waals surface area contributed by atoms with Crippen molar-refractivity contribution >= 4 is 0 Å². The Labute approximate surface area is 157 Å². The smallest absolute Gasteiger partial charge is 0.136 e. The molecule has 26 heavy (non-hydrogen) atoms. The largest absolute Gasteiger partial charge is 0.462 e. The number of rotatable bonds is 10. The lowest BCUT2D eigenvalue weighted by Gasteiger charge is -2.26. The van der Waals surface area contributed by atoms with Gasteiger partial charge in [0.15, 0.2) is 0 Å². The van der Waals surface area contributed by atoms with Crippen LogP contribution in [0.2, 0.25) is 0 Å². The van der Waals surface area contributed by atoms with Crippen molar-refractivity contribution in [3.8, 4) is 0 Å². The third-order valence-electron chi connectivity index (χ3n) is 4.68. The Hall–Kier alpha value is -2.10. The van der Waals surface area contributed by atoms with Gasteiger partial charge >= 0.3 is 0 Å². The maximum absolute atomic E-state index is 10.9. The van der Waals surface area contributed by atoms with E-state index in [1.807, 2.05) is 12.1 Å². The maximum atomic E-state index is 10.9. The van der Waals surface area contributed by atoms with E-state index >= 15 is 0 Å². The number of aliphatic hydroxyl groups is 1. The van der Waals surface area contributed by atoms with Crippen LogP contribution in [0.15, 0.2) is 66.1 Å². The number of hydrogen-bond acceptors (Lipinski definition) is 3. The second kappa shape index (κ2) is 9.02. The molecule has 3 nitrogen and oxygen atoms in total. The molecule has 0 unspecified atom stereocenters. The minimum atomic E-state index is -1.07. The van der Waals surface area contributed by atoms with Crippen LogP contribution < -0.4 is 0 Å². The first kappa shape index (κ1) is 20.2. The Balaban J connectivity index is 2.14. The fourth-order valence-electron chi connectivity index (χ4n) is 3.02. The van der Waals surface area contributed by atoms with Gasteiger partial charge in [0.05, 0.1) is 6.54 Å². The van der Waals surface area contributed by atoms with Gasteiger partial charge in [-0.15, -0.1) is 13.2 Å². The van der Waals surface area contributed by atoms with Crippen molar-refractivity contribution in [2.45, 2.75) is 58.3 Å². The first-order chi connectivity index (χ1) is 12.4. The minimum absolute atomic E-state index is 0.380. The summed E-state index contributed by atoms with van der Waals surface area (Å²) in [6.45, 7) is 15.5. The van der Waals surface area contributed by atoms with Crippen LogP contribution in [-0.4, -0.2) is 16.0 Å². The molecule has 0 aliphatic carbocycles. The second-order valence-electron chi connectivity index (χ2n) is 7.27. The van der Waals surface area contributed by atoms with Crippen molar-refractivity contribution in [1.82, 2.24) is 4.90 Å². The monoisotopic (exact) mass is 353 g/mol. The molecule has 0 bridgehead atoms. The van der Waals surface area contributed by atoms with Crippen molar-refractivity contribution in [3.05, 3.63) is 84.4 Å². The molecule has 0 atom stereocenters. The Bertz CT molecular complexity index is 702. The molecule has 1 aromatic carbocycles. The summed E-state index contributed by atoms with van der Waals surface area (Å²) in [4.78, 5) is 2.35. The summed E-state index contributed by atoms with van der Waals surface area (Å²) in [5.74, 6) is 1.43. The van der Waals surface area contributed by atoms with Gasteiger partial charge in [0.2, 0.25) is 0 Å². The molecule has 3 heteroatoms. The van der Waals surface area contributed by atoms with Crippen LogP contribution in [0, 0.1) is 6.92 Å². The van der Waals surface area contributed by atoms with Crippen LogP contribution >= 0.6 is 0 Å². The van der Waals surface area contributed by atoms with Crippen LogP contribution in [-0.2, 0) is 18.7 Å². The zero-order valence-electron chi connectivity index (χ0n) is 16.2. The van der Waals surface area contributed by atoms with E-state index in [-0.39, 0.29) is 0 Å². The Morgan fingerprint density at radius 2 is 1.65 bits per heavy atom. The molecule has 1 heterocycles. The topological polar surface area (TPSA) is 36.6 Å². The van der Waals surface area contributed by atoms with Crippen molar-refractivity contribution < 1.29 is 9.52 Å². The van der Waals surface area contributed by atoms with Crippen molar-refractivity contribution in [2.24, 2.45) is 0 Å². The number of aryl methyl sites for hydroxylation is 1. The molecule has 0 fully saturated rings. The molecular weight excluding hydrogens is 322 g/mol. The number of hydrogen-bond donors (Lipinski definition) is 1. The van der Waals surface area contributed by atoms with E-state index in [4.69, 9.17) is 4.42 Å². The molecule has 0 saturated heterocycles. The highest BCUT2D eigenvalue weighted by molar-refractivity contribution is 5.21. The summed E-state index contributed by atoms with van der Waals surface area (Å²) < 4.78 is 6.00. The van der Waals surface area contributed by atoms with Crippen molar-refractivity contribution in [2.75, 3.05) is 0 Å². The van der Waals surface area contributed by atoms with Gasteiger partial charge in [-0.2, -0.15) is 0 Å². The summed E-state index contributed by atoms with van der Waals surface area (Å²) in [5.41, 5.74) is 1.48. The normalized spacial score (nSPS) is 11.9. The zero-order valence-corrected chi connectivity index (χ0v) is 16.2. The molecule has 1 N–H and O–H groups in total. The van der Waals surface area contributed by atoms with Gasteiger partial charge in [-0.25, -0.2) is 0 Å². The SMILES string of the molecule is C=CCC(O)(CC=C)c1ccc(CN(Cc2ccc(C)cc2)C(C)C)o1. The van der Waals surface area contributed by atoms with E-state index < -0.39 is 5.60 Å². The molecule has 0 spiro atoms. The van der Waals surface area contributed by atoms with E-state index in [1.165, 1.54) is 11.1 Å². The molecular formula is C23H31NO2. The number of benzene rings is 1. The highest BCUT2D eigenvalue weighted by Gasteiger charge is 2.30. The molecule has 2 rings (SSSR count). The van der Waals surface area contributed by atoms with Gasteiger partial charge in [-0.1, -0.05) is 42.0 Å². The molecule has 1 aromatic heterocycles. The second-order valence-corrected chi connectivity index (χ2v) is 7.27. The maximum Gasteiger partial charge on any atom is 0.136 e. The third-order valence-corrected chi connectivity index (χ3v) is 4.68. The van der Waals surface area contributed by atoms with E-state index in [9.17, 15) is 5.11 Å². The average Bonchev–Trinajstić information content (AvgIpc) is 3.06. The lowest BCUT2D eigenvalue weighted by molar-refractivity contribution is 0.0184. The molecule has 140 valence electrons. The molecule has 2 aromatic rings. The Morgan fingerprint density at radius 1 is 1.04 bits per heavy atom. The molecule has 0 aliphatic heterocycles. The van der Waals surface area contributed by atoms with Crippen molar-refractivity contribution in [1.29, 1.82) is 0 Å². The Kier molecular flexibility index (Phi) is 7.01. The summed E-state index contributed by atoms with van der Waals surface area (Å²) in [5, 5.41) is 10.9. The molecule has 0 saturated carbocycles. The van der Waals surface area contributed by atoms with Gasteiger partial charge in [0.25, 0.3) is 0 Å². The quantitative estimate of drug-likeness (QED) is 0.586. The van der Waals surface area contributed by atoms with Gasteiger partial charge in [-0.3, -0.25) is 4.90 Å². The van der Waals surface area contributed by atoms with Crippen LogP contribution in [0.1, 0.15) is 49.3 Å². The highest BCUT2D eigenvalue weighted by Crippen LogP contribution is 2.31. The van der Waals surface area contributed by atoms with Crippen LogP contribution in [0.4, 0.5) is 0 Å². The first-order valence-corrected chi connectivity index (χ1v) is 9.21. The standard InChI is InChI=1S/C23H31NO2/c1-6-14-23(25,15-7-2)22-13-12-21(26-22)17-24(18(3)4)16-20-10-8-19(5)9-11-20/h6-13,18,25H,1-2,14-17H2,3-5H3. The summed E-state index contributed by atoms with van der Waals surface area (Å²) in [7, 11) is 0.